The van der Waals surface area contributed by atoms with Gasteiger partial charge in [-0.3, -0.25) is 0 Å². The molecule has 16 heavy (non-hydrogen) atoms. The van der Waals surface area contributed by atoms with Gasteiger partial charge in [-0.1, -0.05) is 27.7 Å². The Labute approximate surface area is 99.2 Å². The Hall–Kier alpha value is -0.0900. The lowest BCUT2D eigenvalue weighted by Crippen LogP contribution is -2.44. The van der Waals surface area contributed by atoms with E-state index in [4.69, 9.17) is 0 Å². The lowest BCUT2D eigenvalue weighted by atomic mass is 9.71. The highest BCUT2D eigenvalue weighted by Gasteiger charge is 2.42. The molecule has 1 aliphatic rings. The molecule has 1 N–H and O–H groups in total. The van der Waals surface area contributed by atoms with E-state index in [1.807, 2.05) is 0 Å². The molecular weight excluding hydrogens is 224 g/mol. The quantitative estimate of drug-likeness (QED) is 0.813. The summed E-state index contributed by atoms with van der Waals surface area (Å²) in [5.41, 5.74) is -0.00690. The van der Waals surface area contributed by atoms with Gasteiger partial charge in [-0.15, -0.1) is 0 Å². The van der Waals surface area contributed by atoms with E-state index in [9.17, 15) is 13.5 Å². The summed E-state index contributed by atoms with van der Waals surface area (Å²) in [5, 5.41) is 9.30. The minimum atomic E-state index is -3.05. The zero-order chi connectivity index (χ0) is 12.6. The highest BCUT2D eigenvalue weighted by Crippen LogP contribution is 2.41. The fourth-order valence-electron chi connectivity index (χ4n) is 2.71. The molecule has 0 aliphatic heterocycles. The predicted molar refractivity (Wildman–Crippen MR) is 66.1 cm³/mol. The molecule has 0 aromatic carbocycles. The molecule has 96 valence electrons. The lowest BCUT2D eigenvalue weighted by molar-refractivity contribution is 0.0752. The first-order valence-corrected chi connectivity index (χ1v) is 7.79. The first-order chi connectivity index (χ1) is 7.18. The van der Waals surface area contributed by atoms with Crippen molar-refractivity contribution in [3.05, 3.63) is 0 Å². The average molecular weight is 248 g/mol. The molecular formula is C12H24O3S. The third-order valence-electron chi connectivity index (χ3n) is 3.74. The Morgan fingerprint density at radius 2 is 1.81 bits per heavy atom. The van der Waals surface area contributed by atoms with Gasteiger partial charge in [0.15, 0.2) is 9.84 Å². The van der Waals surface area contributed by atoms with Crippen LogP contribution in [0.3, 0.4) is 0 Å². The number of sulfone groups is 1. The molecule has 1 saturated carbocycles. The van der Waals surface area contributed by atoms with E-state index >= 15 is 0 Å². The van der Waals surface area contributed by atoms with Crippen LogP contribution in [0.25, 0.3) is 0 Å². The van der Waals surface area contributed by atoms with Crippen LogP contribution in [0.2, 0.25) is 0 Å². The van der Waals surface area contributed by atoms with Gasteiger partial charge in [0.1, 0.15) is 0 Å². The third-order valence-corrected chi connectivity index (χ3v) is 5.99. The maximum absolute atomic E-state index is 12.0. The molecule has 0 spiro atoms. The lowest BCUT2D eigenvalue weighted by Gasteiger charge is -2.41. The molecule has 0 amide bonds. The van der Waals surface area contributed by atoms with Crippen molar-refractivity contribution in [3.8, 4) is 0 Å². The average Bonchev–Trinajstić information content (AvgIpc) is 2.15. The summed E-state index contributed by atoms with van der Waals surface area (Å²) in [4.78, 5) is 0. The Morgan fingerprint density at radius 1 is 1.25 bits per heavy atom. The van der Waals surface area contributed by atoms with Gasteiger partial charge >= 0.3 is 0 Å². The van der Waals surface area contributed by atoms with E-state index in [0.717, 1.165) is 12.8 Å². The second kappa shape index (κ2) is 4.65. The summed E-state index contributed by atoms with van der Waals surface area (Å²) < 4.78 is 24.1. The minimum Gasteiger partial charge on any atom is -0.393 e. The third kappa shape index (κ3) is 2.98. The van der Waals surface area contributed by atoms with Gasteiger partial charge in [0.25, 0.3) is 0 Å². The van der Waals surface area contributed by atoms with E-state index in [1.54, 1.807) is 6.92 Å². The molecule has 0 bridgehead atoms. The number of hydrogen-bond donors (Lipinski definition) is 1. The molecule has 0 saturated heterocycles. The van der Waals surface area contributed by atoms with Gasteiger partial charge in [0, 0.05) is 5.75 Å². The second-order valence-corrected chi connectivity index (χ2v) is 8.44. The summed E-state index contributed by atoms with van der Waals surface area (Å²) in [6.07, 6.45) is 1.52. The van der Waals surface area contributed by atoms with Crippen molar-refractivity contribution < 1.29 is 13.5 Å². The predicted octanol–water partition coefficient (Wildman–Crippen LogP) is 2.00. The monoisotopic (exact) mass is 248 g/mol. The standard InChI is InChI=1S/C12H24O3S/c1-5-16(14,15)11-8-9(13)6-7-10(11)12(2,3)4/h9-11,13H,5-8H2,1-4H3. The highest BCUT2D eigenvalue weighted by atomic mass is 32.2. The van der Waals surface area contributed by atoms with E-state index in [2.05, 4.69) is 20.8 Å². The van der Waals surface area contributed by atoms with Crippen molar-refractivity contribution in [2.24, 2.45) is 11.3 Å². The van der Waals surface area contributed by atoms with Crippen molar-refractivity contribution in [1.82, 2.24) is 0 Å². The van der Waals surface area contributed by atoms with Crippen LogP contribution in [-0.2, 0) is 9.84 Å². The molecule has 0 aromatic heterocycles. The Bertz CT molecular complexity index is 327. The summed E-state index contributed by atoms with van der Waals surface area (Å²) >= 11 is 0. The van der Waals surface area contributed by atoms with Crippen LogP contribution < -0.4 is 0 Å². The SMILES string of the molecule is CCS(=O)(=O)C1CC(O)CCC1C(C)(C)C. The summed E-state index contributed by atoms with van der Waals surface area (Å²) in [7, 11) is -3.05. The second-order valence-electron chi connectivity index (χ2n) is 5.93. The smallest absolute Gasteiger partial charge is 0.153 e. The van der Waals surface area contributed by atoms with Crippen molar-refractivity contribution in [2.75, 3.05) is 5.75 Å². The van der Waals surface area contributed by atoms with Crippen LogP contribution in [0.1, 0.15) is 47.0 Å². The van der Waals surface area contributed by atoms with Crippen LogP contribution >= 0.6 is 0 Å². The first kappa shape index (κ1) is 14.0. The number of aliphatic hydroxyl groups is 1. The maximum atomic E-state index is 12.0. The van der Waals surface area contributed by atoms with Gasteiger partial charge in [-0.2, -0.15) is 0 Å². The minimum absolute atomic E-state index is 0.00690. The van der Waals surface area contributed by atoms with Gasteiger partial charge in [-0.05, 0) is 30.6 Å². The molecule has 1 aliphatic carbocycles. The topological polar surface area (TPSA) is 54.4 Å². The molecule has 3 unspecified atom stereocenters. The summed E-state index contributed by atoms with van der Waals surface area (Å²) in [6.45, 7) is 7.96. The van der Waals surface area contributed by atoms with Crippen molar-refractivity contribution in [3.63, 3.8) is 0 Å². The fourth-order valence-corrected chi connectivity index (χ4v) is 4.70. The molecule has 0 aromatic rings. The van der Waals surface area contributed by atoms with Crippen molar-refractivity contribution in [2.45, 2.75) is 58.3 Å². The van der Waals surface area contributed by atoms with E-state index in [0.29, 0.717) is 6.42 Å². The van der Waals surface area contributed by atoms with E-state index in [1.165, 1.54) is 0 Å². The molecule has 0 heterocycles. The van der Waals surface area contributed by atoms with Crippen LogP contribution in [-0.4, -0.2) is 30.6 Å². The number of rotatable bonds is 2. The number of hydrogen-bond acceptors (Lipinski definition) is 3. The fraction of sp³-hybridized carbons (Fsp3) is 1.00. The van der Waals surface area contributed by atoms with Crippen LogP contribution in [0.5, 0.6) is 0 Å². The first-order valence-electron chi connectivity index (χ1n) is 6.08. The van der Waals surface area contributed by atoms with Gasteiger partial charge in [-0.25, -0.2) is 8.42 Å². The zero-order valence-electron chi connectivity index (χ0n) is 10.7. The highest BCUT2D eigenvalue weighted by molar-refractivity contribution is 7.92. The molecule has 1 fully saturated rings. The molecule has 0 radical (unpaired) electrons. The molecule has 4 heteroatoms. The van der Waals surface area contributed by atoms with Crippen LogP contribution in [0.15, 0.2) is 0 Å². The normalized spacial score (nSPS) is 32.7. The largest absolute Gasteiger partial charge is 0.393 e. The molecule has 3 atom stereocenters. The van der Waals surface area contributed by atoms with Crippen LogP contribution in [0.4, 0.5) is 0 Å². The van der Waals surface area contributed by atoms with Crippen molar-refractivity contribution >= 4 is 9.84 Å². The summed E-state index contributed by atoms with van der Waals surface area (Å²) in [6, 6.07) is 0. The Morgan fingerprint density at radius 3 is 2.25 bits per heavy atom. The van der Waals surface area contributed by atoms with Gasteiger partial charge < -0.3 is 5.11 Å². The summed E-state index contributed by atoms with van der Waals surface area (Å²) in [5.74, 6) is 0.345. The van der Waals surface area contributed by atoms with Crippen LogP contribution in [0, 0.1) is 11.3 Å². The van der Waals surface area contributed by atoms with Gasteiger partial charge in [0.05, 0.1) is 11.4 Å². The van der Waals surface area contributed by atoms with Gasteiger partial charge in [0.2, 0.25) is 0 Å². The Balaban J connectivity index is 2.99. The number of aliphatic hydroxyl groups excluding tert-OH is 1. The van der Waals surface area contributed by atoms with E-state index in [-0.39, 0.29) is 22.3 Å². The Kier molecular flexibility index (Phi) is 4.06. The molecule has 1 rings (SSSR count). The zero-order valence-corrected chi connectivity index (χ0v) is 11.5. The maximum Gasteiger partial charge on any atom is 0.153 e. The molecule has 3 nitrogen and oxygen atoms in total. The van der Waals surface area contributed by atoms with E-state index < -0.39 is 15.9 Å². The van der Waals surface area contributed by atoms with Crippen molar-refractivity contribution in [1.29, 1.82) is 0 Å².